The van der Waals surface area contributed by atoms with E-state index in [0.717, 1.165) is 17.1 Å². The van der Waals surface area contributed by atoms with E-state index in [1.165, 1.54) is 0 Å². The van der Waals surface area contributed by atoms with E-state index in [9.17, 15) is 4.79 Å². The van der Waals surface area contributed by atoms with Gasteiger partial charge < -0.3 is 20.1 Å². The minimum Gasteiger partial charge on any atom is -0.497 e. The number of carbonyl (C=O) groups excluding carboxylic acids is 1. The van der Waals surface area contributed by atoms with Gasteiger partial charge in [0.05, 0.1) is 20.3 Å². The molecule has 18 heavy (non-hydrogen) atoms. The Kier molecular flexibility index (Phi) is 4.04. The minimum atomic E-state index is -0.0925. The van der Waals surface area contributed by atoms with E-state index in [-0.39, 0.29) is 11.9 Å². The van der Waals surface area contributed by atoms with Crippen LogP contribution in [-0.4, -0.2) is 33.2 Å². The van der Waals surface area contributed by atoms with Crippen molar-refractivity contribution in [1.82, 2.24) is 10.6 Å². The Balaban J connectivity index is 2.31. The summed E-state index contributed by atoms with van der Waals surface area (Å²) in [6, 6.07) is 5.50. The predicted molar refractivity (Wildman–Crippen MR) is 67.9 cm³/mol. The molecule has 1 aliphatic rings. The number of hydrogen-bond acceptors (Lipinski definition) is 4. The SMILES string of the molecule is COc1ccc(OC)c(C2CNCCC(=O)N2)c1. The van der Waals surface area contributed by atoms with Crippen molar-refractivity contribution in [2.75, 3.05) is 27.3 Å². The maximum Gasteiger partial charge on any atom is 0.221 e. The predicted octanol–water partition coefficient (Wildman–Crippen LogP) is 0.854. The number of rotatable bonds is 3. The Labute approximate surface area is 106 Å². The first-order valence-electron chi connectivity index (χ1n) is 5.96. The van der Waals surface area contributed by atoms with Crippen LogP contribution in [0.3, 0.4) is 0 Å². The van der Waals surface area contributed by atoms with Gasteiger partial charge in [-0.3, -0.25) is 4.79 Å². The topological polar surface area (TPSA) is 59.6 Å². The number of nitrogens with one attached hydrogen (secondary N) is 2. The van der Waals surface area contributed by atoms with Crippen LogP contribution in [-0.2, 0) is 4.79 Å². The van der Waals surface area contributed by atoms with Gasteiger partial charge in [-0.05, 0) is 18.2 Å². The van der Waals surface area contributed by atoms with Crippen LogP contribution in [0, 0.1) is 0 Å². The van der Waals surface area contributed by atoms with E-state index < -0.39 is 0 Å². The lowest BCUT2D eigenvalue weighted by Gasteiger charge is -2.19. The lowest BCUT2D eigenvalue weighted by atomic mass is 10.1. The van der Waals surface area contributed by atoms with E-state index >= 15 is 0 Å². The molecular weight excluding hydrogens is 232 g/mol. The molecule has 1 heterocycles. The second kappa shape index (κ2) is 5.73. The maximum atomic E-state index is 11.6. The van der Waals surface area contributed by atoms with E-state index in [1.54, 1.807) is 14.2 Å². The largest absolute Gasteiger partial charge is 0.497 e. The molecule has 2 rings (SSSR count). The molecule has 1 fully saturated rings. The fourth-order valence-corrected chi connectivity index (χ4v) is 2.07. The molecule has 5 nitrogen and oxygen atoms in total. The zero-order valence-corrected chi connectivity index (χ0v) is 10.7. The van der Waals surface area contributed by atoms with Crippen molar-refractivity contribution in [2.24, 2.45) is 0 Å². The summed E-state index contributed by atoms with van der Waals surface area (Å²) in [4.78, 5) is 11.6. The molecule has 2 N–H and O–H groups in total. The van der Waals surface area contributed by atoms with E-state index in [2.05, 4.69) is 10.6 Å². The Morgan fingerprint density at radius 3 is 2.83 bits per heavy atom. The highest BCUT2D eigenvalue weighted by molar-refractivity contribution is 5.77. The molecule has 1 aromatic rings. The van der Waals surface area contributed by atoms with Crippen LogP contribution in [0.1, 0.15) is 18.0 Å². The summed E-state index contributed by atoms with van der Waals surface area (Å²) < 4.78 is 10.6. The molecule has 1 aromatic carbocycles. The molecule has 0 radical (unpaired) electrons. The van der Waals surface area contributed by atoms with Gasteiger partial charge >= 0.3 is 0 Å². The molecule has 1 unspecified atom stereocenters. The fraction of sp³-hybridized carbons (Fsp3) is 0.462. The van der Waals surface area contributed by atoms with Crippen LogP contribution in [0.2, 0.25) is 0 Å². The Hall–Kier alpha value is -1.75. The summed E-state index contributed by atoms with van der Waals surface area (Å²) in [6.45, 7) is 1.39. The number of ether oxygens (including phenoxy) is 2. The van der Waals surface area contributed by atoms with Gasteiger partial charge in [0.15, 0.2) is 0 Å². The molecule has 1 amide bonds. The minimum absolute atomic E-state index is 0.0508. The van der Waals surface area contributed by atoms with Crippen molar-refractivity contribution >= 4 is 5.91 Å². The highest BCUT2D eigenvalue weighted by Gasteiger charge is 2.21. The second-order valence-corrected chi connectivity index (χ2v) is 4.18. The number of amides is 1. The van der Waals surface area contributed by atoms with Gasteiger partial charge in [-0.1, -0.05) is 0 Å². The molecule has 0 bridgehead atoms. The van der Waals surface area contributed by atoms with Gasteiger partial charge in [0, 0.05) is 25.1 Å². The zero-order valence-electron chi connectivity index (χ0n) is 10.7. The molecule has 98 valence electrons. The molecule has 0 saturated carbocycles. The molecule has 0 spiro atoms. The summed E-state index contributed by atoms with van der Waals surface area (Å²) in [5.74, 6) is 1.56. The van der Waals surface area contributed by atoms with Crippen LogP contribution in [0.4, 0.5) is 0 Å². The summed E-state index contributed by atoms with van der Waals surface area (Å²) in [5, 5.41) is 6.22. The number of hydrogen-bond donors (Lipinski definition) is 2. The average molecular weight is 250 g/mol. The van der Waals surface area contributed by atoms with Crippen molar-refractivity contribution in [3.05, 3.63) is 23.8 Å². The maximum absolute atomic E-state index is 11.6. The van der Waals surface area contributed by atoms with Crippen LogP contribution in [0.5, 0.6) is 11.5 Å². The zero-order chi connectivity index (χ0) is 13.0. The molecule has 1 saturated heterocycles. The molecule has 0 aliphatic carbocycles. The third kappa shape index (κ3) is 2.73. The first-order chi connectivity index (χ1) is 8.74. The van der Waals surface area contributed by atoms with E-state index in [0.29, 0.717) is 19.5 Å². The summed E-state index contributed by atoms with van der Waals surface area (Å²) in [7, 11) is 3.24. The van der Waals surface area contributed by atoms with Crippen LogP contribution in [0.15, 0.2) is 18.2 Å². The fourth-order valence-electron chi connectivity index (χ4n) is 2.07. The van der Waals surface area contributed by atoms with Gasteiger partial charge in [-0.25, -0.2) is 0 Å². The normalized spacial score (nSPS) is 19.9. The van der Waals surface area contributed by atoms with Crippen LogP contribution in [0.25, 0.3) is 0 Å². The Morgan fingerprint density at radius 2 is 2.11 bits per heavy atom. The van der Waals surface area contributed by atoms with Crippen molar-refractivity contribution in [3.63, 3.8) is 0 Å². The third-order valence-electron chi connectivity index (χ3n) is 3.02. The highest BCUT2D eigenvalue weighted by Crippen LogP contribution is 2.29. The third-order valence-corrected chi connectivity index (χ3v) is 3.02. The van der Waals surface area contributed by atoms with Gasteiger partial charge in [-0.2, -0.15) is 0 Å². The molecular formula is C13H18N2O3. The second-order valence-electron chi connectivity index (χ2n) is 4.18. The Morgan fingerprint density at radius 1 is 1.28 bits per heavy atom. The molecule has 1 aliphatic heterocycles. The van der Waals surface area contributed by atoms with Gasteiger partial charge in [0.2, 0.25) is 5.91 Å². The molecule has 5 heteroatoms. The monoisotopic (exact) mass is 250 g/mol. The first kappa shape index (κ1) is 12.7. The van der Waals surface area contributed by atoms with Crippen LogP contribution >= 0.6 is 0 Å². The quantitative estimate of drug-likeness (QED) is 0.835. The lowest BCUT2D eigenvalue weighted by molar-refractivity contribution is -0.121. The average Bonchev–Trinajstić information content (AvgIpc) is 2.62. The standard InChI is InChI=1S/C13H18N2O3/c1-17-9-3-4-12(18-2)10(7-9)11-8-14-6-5-13(16)15-11/h3-4,7,11,14H,5-6,8H2,1-2H3,(H,15,16). The van der Waals surface area contributed by atoms with E-state index in [1.807, 2.05) is 18.2 Å². The van der Waals surface area contributed by atoms with Crippen LogP contribution < -0.4 is 20.1 Å². The summed E-state index contributed by atoms with van der Waals surface area (Å²) in [5.41, 5.74) is 0.930. The number of benzene rings is 1. The van der Waals surface area contributed by atoms with E-state index in [4.69, 9.17) is 9.47 Å². The molecule has 0 aromatic heterocycles. The summed E-state index contributed by atoms with van der Waals surface area (Å²) in [6.07, 6.45) is 0.503. The molecule has 1 atom stereocenters. The van der Waals surface area contributed by atoms with Crippen molar-refractivity contribution in [1.29, 1.82) is 0 Å². The number of carbonyl (C=O) groups is 1. The van der Waals surface area contributed by atoms with Gasteiger partial charge in [0.25, 0.3) is 0 Å². The van der Waals surface area contributed by atoms with Gasteiger partial charge in [-0.15, -0.1) is 0 Å². The highest BCUT2D eigenvalue weighted by atomic mass is 16.5. The van der Waals surface area contributed by atoms with Crippen molar-refractivity contribution in [2.45, 2.75) is 12.5 Å². The van der Waals surface area contributed by atoms with Crippen molar-refractivity contribution in [3.8, 4) is 11.5 Å². The van der Waals surface area contributed by atoms with Crippen molar-refractivity contribution < 1.29 is 14.3 Å². The number of methoxy groups -OCH3 is 2. The smallest absolute Gasteiger partial charge is 0.221 e. The lowest BCUT2D eigenvalue weighted by Crippen LogP contribution is -2.30. The summed E-state index contributed by atoms with van der Waals surface area (Å²) >= 11 is 0. The van der Waals surface area contributed by atoms with Gasteiger partial charge in [0.1, 0.15) is 11.5 Å². The Bertz CT molecular complexity index is 434. The first-order valence-corrected chi connectivity index (χ1v) is 5.96.